The molecule has 0 saturated carbocycles. The Morgan fingerprint density at radius 2 is 2.57 bits per heavy atom. The van der Waals surface area contributed by atoms with E-state index in [-0.39, 0.29) is 0 Å². The Morgan fingerprint density at radius 1 is 1.86 bits per heavy atom. The fourth-order valence-electron chi connectivity index (χ4n) is 0.399. The summed E-state index contributed by atoms with van der Waals surface area (Å²) in [4.78, 5) is 0.787. The summed E-state index contributed by atoms with van der Waals surface area (Å²) in [6, 6.07) is 0. The molecule has 0 spiro atoms. The third-order valence-corrected chi connectivity index (χ3v) is 0.699. The summed E-state index contributed by atoms with van der Waals surface area (Å²) in [5.74, 6) is 0. The van der Waals surface area contributed by atoms with Gasteiger partial charge >= 0.3 is 0 Å². The van der Waals surface area contributed by atoms with Crippen molar-refractivity contribution in [2.24, 2.45) is 0 Å². The number of aromatic nitrogens is 2. The van der Waals surface area contributed by atoms with Gasteiger partial charge in [0.1, 0.15) is 7.85 Å². The summed E-state index contributed by atoms with van der Waals surface area (Å²) in [5, 5.41) is 11.9. The van der Waals surface area contributed by atoms with E-state index in [1.165, 1.54) is 6.20 Å². The molecule has 0 aromatic carbocycles. The van der Waals surface area contributed by atoms with E-state index in [2.05, 4.69) is 5.10 Å². The van der Waals surface area contributed by atoms with Crippen LogP contribution in [0, 0.1) is 0 Å². The maximum Gasteiger partial charge on any atom is 0.143 e. The molecule has 1 N–H and O–H groups in total. The van der Waals surface area contributed by atoms with Gasteiger partial charge in [0.25, 0.3) is 0 Å². The first-order chi connectivity index (χ1) is 3.29. The molecule has 0 aliphatic heterocycles. The lowest BCUT2D eigenvalue weighted by Crippen LogP contribution is -1.95. The molecule has 0 saturated heterocycles. The molecule has 1 aromatic heterocycles. The second kappa shape index (κ2) is 1.29. The van der Waals surface area contributed by atoms with Crippen molar-refractivity contribution in [3.8, 4) is 0 Å². The Kier molecular flexibility index (Phi) is 0.783. The molecule has 0 radical (unpaired) electrons. The number of rotatable bonds is 0. The van der Waals surface area contributed by atoms with Gasteiger partial charge < -0.3 is 5.21 Å². The van der Waals surface area contributed by atoms with E-state index in [0.717, 1.165) is 10.3 Å². The lowest BCUT2D eigenvalue weighted by atomic mass is 10.0. The van der Waals surface area contributed by atoms with E-state index in [1.54, 1.807) is 6.20 Å². The molecule has 7 heavy (non-hydrogen) atoms. The summed E-state index contributed by atoms with van der Waals surface area (Å²) in [7, 11) is 1.86. The minimum atomic E-state index is 0.787. The van der Waals surface area contributed by atoms with Crippen LogP contribution >= 0.6 is 0 Å². The van der Waals surface area contributed by atoms with Gasteiger partial charge in [-0.05, 0) is 5.46 Å². The predicted octanol–water partition coefficient (Wildman–Crippen LogP) is -1.62. The summed E-state index contributed by atoms with van der Waals surface area (Å²) >= 11 is 0. The Labute approximate surface area is 41.9 Å². The lowest BCUT2D eigenvalue weighted by molar-refractivity contribution is 0.149. The Hall–Kier alpha value is -0.925. The van der Waals surface area contributed by atoms with E-state index in [0.29, 0.717) is 0 Å². The molecule has 0 atom stereocenters. The predicted molar refractivity (Wildman–Crippen MR) is 27.6 cm³/mol. The van der Waals surface area contributed by atoms with Crippen LogP contribution in [0.2, 0.25) is 0 Å². The Bertz CT molecular complexity index is 145. The van der Waals surface area contributed by atoms with Gasteiger partial charge in [-0.15, -0.1) is 9.94 Å². The minimum Gasteiger partial charge on any atom is -0.412 e. The van der Waals surface area contributed by atoms with Gasteiger partial charge in [-0.1, -0.05) is 0 Å². The van der Waals surface area contributed by atoms with E-state index >= 15 is 0 Å². The first-order valence-corrected chi connectivity index (χ1v) is 1.99. The normalized spacial score (nSPS) is 9.14. The fourth-order valence-corrected chi connectivity index (χ4v) is 0.399. The zero-order valence-corrected chi connectivity index (χ0v) is 4.00. The van der Waals surface area contributed by atoms with Crippen molar-refractivity contribution in [1.29, 1.82) is 0 Å². The highest BCUT2D eigenvalue weighted by Gasteiger charge is 1.84. The van der Waals surface area contributed by atoms with Crippen LogP contribution in [-0.2, 0) is 0 Å². The van der Waals surface area contributed by atoms with Crippen LogP contribution in [0.25, 0.3) is 0 Å². The first-order valence-electron chi connectivity index (χ1n) is 1.99. The van der Waals surface area contributed by atoms with Gasteiger partial charge in [-0.25, -0.2) is 0 Å². The van der Waals surface area contributed by atoms with Gasteiger partial charge in [-0.3, -0.25) is 0 Å². The fraction of sp³-hybridized carbons (Fsp3) is 0. The quantitative estimate of drug-likeness (QED) is 0.311. The van der Waals surface area contributed by atoms with Gasteiger partial charge in [0.05, 0.1) is 6.20 Å². The molecule has 1 heterocycles. The molecule has 36 valence electrons. The summed E-state index contributed by atoms with van der Waals surface area (Å²) < 4.78 is 0. The molecule has 0 aliphatic carbocycles. The van der Waals surface area contributed by atoms with Crippen LogP contribution < -0.4 is 5.46 Å². The van der Waals surface area contributed by atoms with Crippen molar-refractivity contribution in [2.75, 3.05) is 0 Å². The first kappa shape index (κ1) is 4.24. The third-order valence-electron chi connectivity index (χ3n) is 0.699. The van der Waals surface area contributed by atoms with Crippen LogP contribution in [0.4, 0.5) is 0 Å². The number of hydrogen-bond donors (Lipinski definition) is 1. The molecule has 0 aliphatic rings. The highest BCUT2D eigenvalue weighted by molar-refractivity contribution is 6.31. The molecular formula is C3H5BN2O. The zero-order valence-electron chi connectivity index (χ0n) is 4.00. The Morgan fingerprint density at radius 3 is 2.71 bits per heavy atom. The van der Waals surface area contributed by atoms with Crippen molar-refractivity contribution in [2.45, 2.75) is 0 Å². The van der Waals surface area contributed by atoms with Crippen LogP contribution in [0.5, 0.6) is 0 Å². The summed E-state index contributed by atoms with van der Waals surface area (Å²) in [5.41, 5.74) is 0.961. The molecule has 0 unspecified atom stereocenters. The van der Waals surface area contributed by atoms with Gasteiger partial charge in [-0.2, -0.15) is 0 Å². The average molecular weight is 95.9 g/mol. The molecule has 1 aromatic rings. The second-order valence-corrected chi connectivity index (χ2v) is 1.44. The van der Waals surface area contributed by atoms with Gasteiger partial charge in [0, 0.05) is 6.20 Å². The molecule has 4 heteroatoms. The van der Waals surface area contributed by atoms with E-state index in [9.17, 15) is 0 Å². The van der Waals surface area contributed by atoms with Crippen LogP contribution in [-0.4, -0.2) is 23.0 Å². The van der Waals surface area contributed by atoms with Crippen LogP contribution in [0.1, 0.15) is 0 Å². The monoisotopic (exact) mass is 96.0 g/mol. The van der Waals surface area contributed by atoms with Gasteiger partial charge in [0.2, 0.25) is 0 Å². The lowest BCUT2D eigenvalue weighted by Gasteiger charge is -1.78. The van der Waals surface area contributed by atoms with E-state index < -0.39 is 0 Å². The zero-order chi connectivity index (χ0) is 5.28. The maximum atomic E-state index is 8.46. The van der Waals surface area contributed by atoms with Crippen molar-refractivity contribution >= 4 is 13.3 Å². The van der Waals surface area contributed by atoms with Gasteiger partial charge in [0.15, 0.2) is 0 Å². The van der Waals surface area contributed by atoms with Crippen molar-refractivity contribution in [3.05, 3.63) is 12.4 Å². The Balaban J connectivity index is 3.04. The summed E-state index contributed by atoms with van der Waals surface area (Å²) in [6.45, 7) is 0. The number of nitrogens with zero attached hydrogens (tertiary/aromatic N) is 2. The van der Waals surface area contributed by atoms with Crippen molar-refractivity contribution in [3.63, 3.8) is 0 Å². The highest BCUT2D eigenvalue weighted by atomic mass is 16.5. The van der Waals surface area contributed by atoms with E-state index in [1.807, 2.05) is 7.85 Å². The summed E-state index contributed by atoms with van der Waals surface area (Å²) in [6.07, 6.45) is 3.11. The van der Waals surface area contributed by atoms with Crippen molar-refractivity contribution < 1.29 is 5.21 Å². The molecule has 1 rings (SSSR count). The van der Waals surface area contributed by atoms with Crippen molar-refractivity contribution in [1.82, 2.24) is 9.94 Å². The number of hydrogen-bond acceptors (Lipinski definition) is 2. The van der Waals surface area contributed by atoms with Crippen LogP contribution in [0.15, 0.2) is 12.4 Å². The minimum absolute atomic E-state index is 0.787. The largest absolute Gasteiger partial charge is 0.412 e. The second-order valence-electron chi connectivity index (χ2n) is 1.44. The average Bonchev–Trinajstić information content (AvgIpc) is 1.87. The topological polar surface area (TPSA) is 38.0 Å². The standard InChI is InChI=1S/C3H5BN2O/c4-3-1-5-6(7)2-3/h1-2,7H,4H2. The SMILES string of the molecule is Bc1cnn(O)c1. The molecular weight excluding hydrogens is 90.9 g/mol. The molecule has 3 nitrogen and oxygen atoms in total. The smallest absolute Gasteiger partial charge is 0.143 e. The van der Waals surface area contributed by atoms with E-state index in [4.69, 9.17) is 5.21 Å². The molecule has 0 amide bonds. The van der Waals surface area contributed by atoms with Crippen LogP contribution in [0.3, 0.4) is 0 Å². The maximum absolute atomic E-state index is 8.46. The molecule has 0 fully saturated rings. The molecule has 0 bridgehead atoms. The third kappa shape index (κ3) is 0.736. The highest BCUT2D eigenvalue weighted by Crippen LogP contribution is 1.68.